The number of phosphoric ester groups is 1. The van der Waals surface area contributed by atoms with E-state index in [0.717, 1.165) is 0 Å². The number of aromatic nitrogens is 4. The molecule has 0 spiro atoms. The summed E-state index contributed by atoms with van der Waals surface area (Å²) in [4.78, 5) is 46.2. The zero-order valence-corrected chi connectivity index (χ0v) is 32.2. The van der Waals surface area contributed by atoms with E-state index in [1.54, 1.807) is 13.8 Å². The van der Waals surface area contributed by atoms with E-state index >= 15 is 0 Å². The van der Waals surface area contributed by atoms with Gasteiger partial charge >= 0.3 is 16.1 Å². The summed E-state index contributed by atoms with van der Waals surface area (Å²) in [6, 6.07) is 1.91. The fourth-order valence-corrected chi connectivity index (χ4v) is 8.79. The number of aromatic amines is 1. The second-order valence-corrected chi connectivity index (χ2v) is 21.4. The number of aliphatic hydroxyl groups is 1. The average Bonchev–Trinajstić information content (AvgIpc) is 3.73. The van der Waals surface area contributed by atoms with Crippen LogP contribution in [0, 0.1) is 17.2 Å². The first-order chi connectivity index (χ1) is 23.3. The van der Waals surface area contributed by atoms with Gasteiger partial charge < -0.3 is 23.7 Å². The van der Waals surface area contributed by atoms with Gasteiger partial charge in [-0.15, -0.1) is 0 Å². The molecular weight excluding hydrogens is 714 g/mol. The van der Waals surface area contributed by atoms with Gasteiger partial charge in [-0.05, 0) is 31.0 Å². The summed E-state index contributed by atoms with van der Waals surface area (Å²) < 4.78 is 63.7. The standard InChI is InChI=1S/C29H48N6O12P2Si/c1-18(2)24(37)33-27-32-23-20(25(38)34-27)31-17-35(23)26-22(21(19(15-36)44-26)46-50(6,7)28(3,4)5)45-49(41,42-14-10-13-30)43-16-29(47-48(39)40)11-8-9-12-29/h17-19,21-22,26,36,48H,8-12,14-16H2,1-7H3,(H,39,40)(H2,32,33,34,37,38)/t19-,21-,22-,26-,49?/m1/s1. The van der Waals surface area contributed by atoms with E-state index in [2.05, 4.69) is 20.3 Å². The van der Waals surface area contributed by atoms with Crippen molar-refractivity contribution >= 4 is 47.4 Å². The largest absolute Gasteiger partial charge is 0.475 e. The van der Waals surface area contributed by atoms with Gasteiger partial charge in [-0.25, -0.2) is 9.55 Å². The molecule has 1 amide bonds. The number of ether oxygens (including phenoxy) is 1. The van der Waals surface area contributed by atoms with Crippen LogP contribution in [0.4, 0.5) is 5.95 Å². The molecule has 0 radical (unpaired) electrons. The van der Waals surface area contributed by atoms with E-state index in [1.165, 1.54) is 10.9 Å². The van der Waals surface area contributed by atoms with E-state index in [0.29, 0.717) is 25.7 Å². The van der Waals surface area contributed by atoms with Crippen molar-refractivity contribution in [2.45, 2.75) is 115 Å². The van der Waals surface area contributed by atoms with Crippen LogP contribution >= 0.6 is 16.1 Å². The molecule has 2 unspecified atom stereocenters. The molecule has 21 heteroatoms. The van der Waals surface area contributed by atoms with Crippen LogP contribution in [-0.4, -0.2) is 87.5 Å². The number of imidazole rings is 1. The van der Waals surface area contributed by atoms with Crippen molar-refractivity contribution in [2.75, 3.05) is 25.1 Å². The Kier molecular flexibility index (Phi) is 13.0. The van der Waals surface area contributed by atoms with Gasteiger partial charge in [-0.2, -0.15) is 10.2 Å². The van der Waals surface area contributed by atoms with Gasteiger partial charge in [-0.3, -0.25) is 42.6 Å². The Bertz CT molecular complexity index is 1680. The first-order valence-corrected chi connectivity index (χ1v) is 22.1. The summed E-state index contributed by atoms with van der Waals surface area (Å²) in [5.41, 5.74) is -2.01. The fourth-order valence-electron chi connectivity index (χ4n) is 5.41. The zero-order chi connectivity index (χ0) is 37.1. The number of carbonyl (C=O) groups excluding carboxylic acids is 1. The molecule has 2 aromatic heterocycles. The third-order valence-corrected chi connectivity index (χ3v) is 15.7. The van der Waals surface area contributed by atoms with Gasteiger partial charge in [0.15, 0.2) is 25.7 Å². The third-order valence-electron chi connectivity index (χ3n) is 9.19. The number of amides is 1. The van der Waals surface area contributed by atoms with Crippen LogP contribution in [0.25, 0.3) is 11.2 Å². The lowest BCUT2D eigenvalue weighted by atomic mass is 10.1. The Morgan fingerprint density at radius 2 is 1.98 bits per heavy atom. The molecule has 2 fully saturated rings. The van der Waals surface area contributed by atoms with Crippen LogP contribution in [0.1, 0.15) is 73.0 Å². The number of nitrogens with zero attached hydrogens (tertiary/aromatic N) is 4. The van der Waals surface area contributed by atoms with Crippen molar-refractivity contribution in [3.8, 4) is 6.07 Å². The quantitative estimate of drug-likeness (QED) is 0.107. The van der Waals surface area contributed by atoms with Crippen LogP contribution in [0.5, 0.6) is 0 Å². The summed E-state index contributed by atoms with van der Waals surface area (Å²) in [6.45, 7) is 12.0. The smallest absolute Gasteiger partial charge is 0.408 e. The SMILES string of the molecule is CC(C)C(=O)Nc1nc2c(ncn2[C@@H]2O[C@H](CO)[C@@H](O[Si](C)(C)C(C)(C)C)[C@H]2OP(=O)(OCCC#N)OCC2(O[PH](=O)O)CCCC2)c(=O)[nH]1. The molecule has 4 rings (SSSR count). The zero-order valence-electron chi connectivity index (χ0n) is 29.3. The molecule has 4 N–H and O–H groups in total. The van der Waals surface area contributed by atoms with Gasteiger partial charge in [0.25, 0.3) is 5.56 Å². The maximum absolute atomic E-state index is 14.5. The predicted octanol–water partition coefficient (Wildman–Crippen LogP) is 4.15. The number of fused-ring (bicyclic) bond motifs is 1. The number of hydrogen-bond acceptors (Lipinski definition) is 14. The molecule has 1 saturated carbocycles. The van der Waals surface area contributed by atoms with Crippen LogP contribution in [0.3, 0.4) is 0 Å². The first-order valence-electron chi connectivity index (χ1n) is 16.4. The predicted molar refractivity (Wildman–Crippen MR) is 183 cm³/mol. The second kappa shape index (κ2) is 16.1. The number of nitriles is 1. The number of anilines is 1. The molecule has 1 aliphatic heterocycles. The Morgan fingerprint density at radius 3 is 2.56 bits per heavy atom. The minimum atomic E-state index is -4.67. The van der Waals surface area contributed by atoms with Crippen LogP contribution < -0.4 is 10.9 Å². The average molecular weight is 763 g/mol. The monoisotopic (exact) mass is 762 g/mol. The van der Waals surface area contributed by atoms with Crippen molar-refractivity contribution in [1.82, 2.24) is 19.5 Å². The van der Waals surface area contributed by atoms with Crippen molar-refractivity contribution in [1.29, 1.82) is 5.26 Å². The molecule has 1 aliphatic carbocycles. The lowest BCUT2D eigenvalue weighted by Crippen LogP contribution is -2.50. The van der Waals surface area contributed by atoms with Crippen LogP contribution in [0.15, 0.2) is 11.1 Å². The first kappa shape index (κ1) is 40.4. The van der Waals surface area contributed by atoms with Crippen LogP contribution in [0.2, 0.25) is 18.1 Å². The highest BCUT2D eigenvalue weighted by Gasteiger charge is 2.55. The molecule has 0 aromatic carbocycles. The maximum atomic E-state index is 14.5. The third kappa shape index (κ3) is 9.36. The Morgan fingerprint density at radius 1 is 1.30 bits per heavy atom. The topological polar surface area (TPSA) is 246 Å². The summed E-state index contributed by atoms with van der Waals surface area (Å²) in [5, 5.41) is 22.0. The highest BCUT2D eigenvalue weighted by atomic mass is 31.2. The van der Waals surface area contributed by atoms with Crippen molar-refractivity contribution < 1.29 is 51.2 Å². The molecule has 18 nitrogen and oxygen atoms in total. The lowest BCUT2D eigenvalue weighted by Gasteiger charge is -2.40. The molecule has 1 saturated heterocycles. The molecule has 2 aliphatic rings. The number of rotatable bonds is 16. The van der Waals surface area contributed by atoms with Gasteiger partial charge in [0.05, 0.1) is 38.6 Å². The molecule has 2 aromatic rings. The molecule has 280 valence electrons. The van der Waals surface area contributed by atoms with Crippen LogP contribution in [-0.2, 0) is 41.2 Å². The van der Waals surface area contributed by atoms with E-state index in [9.17, 15) is 34.0 Å². The van der Waals surface area contributed by atoms with E-state index in [4.69, 9.17) is 27.3 Å². The van der Waals surface area contributed by atoms with E-state index in [-0.39, 0.29) is 35.2 Å². The van der Waals surface area contributed by atoms with Crippen molar-refractivity contribution in [3.05, 3.63) is 16.7 Å². The van der Waals surface area contributed by atoms with Gasteiger partial charge in [0.2, 0.25) is 11.9 Å². The van der Waals surface area contributed by atoms with Gasteiger partial charge in [-0.1, -0.05) is 47.5 Å². The molecular formula is C29H48N6O12P2Si. The van der Waals surface area contributed by atoms with E-state index < -0.39 is 85.1 Å². The number of aliphatic hydroxyl groups excluding tert-OH is 1. The van der Waals surface area contributed by atoms with Crippen molar-refractivity contribution in [3.63, 3.8) is 0 Å². The molecule has 6 atom stereocenters. The van der Waals surface area contributed by atoms with Crippen molar-refractivity contribution in [2.24, 2.45) is 5.92 Å². The summed E-state index contributed by atoms with van der Waals surface area (Å²) in [6.07, 6.45) is -1.61. The number of H-pyrrole nitrogens is 1. The number of carbonyl (C=O) groups is 1. The second-order valence-electron chi connectivity index (χ2n) is 14.3. The highest BCUT2D eigenvalue weighted by Crippen LogP contribution is 2.56. The Labute approximate surface area is 291 Å². The minimum Gasteiger partial charge on any atom is -0.408 e. The highest BCUT2D eigenvalue weighted by molar-refractivity contribution is 7.48. The Balaban J connectivity index is 1.81. The molecule has 50 heavy (non-hydrogen) atoms. The number of nitrogens with one attached hydrogen (secondary N) is 2. The van der Waals surface area contributed by atoms with Gasteiger partial charge in [0, 0.05) is 5.92 Å². The normalized spacial score (nSPS) is 24.3. The summed E-state index contributed by atoms with van der Waals surface area (Å²) >= 11 is 0. The number of hydrogen-bond donors (Lipinski definition) is 4. The lowest BCUT2D eigenvalue weighted by molar-refractivity contribution is -0.118. The number of phosphoric acid groups is 1. The summed E-state index contributed by atoms with van der Waals surface area (Å²) in [7, 11) is -10.7. The maximum Gasteiger partial charge on any atom is 0.475 e. The molecule has 3 heterocycles. The summed E-state index contributed by atoms with van der Waals surface area (Å²) in [5.74, 6) is -0.966. The van der Waals surface area contributed by atoms with Gasteiger partial charge in [0.1, 0.15) is 23.9 Å². The fraction of sp³-hybridized carbons (Fsp3) is 0.759. The molecule has 0 bridgehead atoms. The minimum absolute atomic E-state index is 0.0244. The van der Waals surface area contributed by atoms with E-state index in [1.807, 2.05) is 39.9 Å². The Hall–Kier alpha value is -2.33.